The van der Waals surface area contributed by atoms with Crippen LogP contribution in [0.15, 0.2) is 52.9 Å². The highest BCUT2D eigenvalue weighted by atomic mass is 35.5. The smallest absolute Gasteiger partial charge is 0.284 e. The molecule has 1 fully saturated rings. The number of nitrogens with zero attached hydrogens (tertiary/aromatic N) is 4. The Kier molecular flexibility index (Phi) is 5.83. The molecule has 0 N–H and O–H groups in total. The summed E-state index contributed by atoms with van der Waals surface area (Å²) in [4.78, 5) is 27.9. The number of ketones is 1. The average Bonchev–Trinajstić information content (AvgIpc) is 3.48. The number of amides is 1. The van der Waals surface area contributed by atoms with Gasteiger partial charge in [-0.15, -0.1) is 10.2 Å². The van der Waals surface area contributed by atoms with Crippen molar-refractivity contribution in [1.82, 2.24) is 19.7 Å². The van der Waals surface area contributed by atoms with Gasteiger partial charge in [0.25, 0.3) is 11.8 Å². The largest absolute Gasteiger partial charge is 0.497 e. The maximum Gasteiger partial charge on any atom is 0.284 e. The highest BCUT2D eigenvalue weighted by Crippen LogP contribution is 2.28. The molecule has 2 aromatic carbocycles. The number of halogens is 1. The Balaban J connectivity index is 1.26. The lowest BCUT2D eigenvalue weighted by Crippen LogP contribution is -2.41. The molecule has 0 aliphatic carbocycles. The number of hydrogen-bond acceptors (Lipinski definition) is 6. The first-order chi connectivity index (χ1) is 16.4. The van der Waals surface area contributed by atoms with E-state index < -0.39 is 0 Å². The van der Waals surface area contributed by atoms with Crippen molar-refractivity contribution in [3.8, 4) is 17.2 Å². The van der Waals surface area contributed by atoms with Crippen molar-refractivity contribution in [3.05, 3.63) is 65.1 Å². The van der Waals surface area contributed by atoms with Gasteiger partial charge in [-0.25, -0.2) is 0 Å². The summed E-state index contributed by atoms with van der Waals surface area (Å²) >= 11 is 6.10. The van der Waals surface area contributed by atoms with Gasteiger partial charge >= 0.3 is 0 Å². The van der Waals surface area contributed by atoms with E-state index in [-0.39, 0.29) is 29.4 Å². The summed E-state index contributed by atoms with van der Waals surface area (Å²) < 4.78 is 12.8. The summed E-state index contributed by atoms with van der Waals surface area (Å²) in [5, 5.41) is 9.55. The molecule has 9 heteroatoms. The second-order valence-corrected chi connectivity index (χ2v) is 8.80. The van der Waals surface area contributed by atoms with Crippen molar-refractivity contribution in [2.75, 3.05) is 20.2 Å². The van der Waals surface area contributed by atoms with E-state index in [0.29, 0.717) is 48.0 Å². The van der Waals surface area contributed by atoms with Crippen LogP contribution in [0.4, 0.5) is 0 Å². The van der Waals surface area contributed by atoms with E-state index in [1.54, 1.807) is 18.1 Å². The number of methoxy groups -OCH3 is 1. The third-order valence-corrected chi connectivity index (χ3v) is 6.56. The van der Waals surface area contributed by atoms with Crippen LogP contribution in [0.3, 0.4) is 0 Å². The number of aromatic nitrogens is 3. The number of piperidine rings is 1. The molecule has 1 saturated heterocycles. The molecule has 0 radical (unpaired) electrons. The third kappa shape index (κ3) is 4.05. The molecule has 4 aromatic rings. The van der Waals surface area contributed by atoms with Gasteiger partial charge in [-0.1, -0.05) is 17.7 Å². The van der Waals surface area contributed by atoms with Crippen LogP contribution in [0.2, 0.25) is 5.02 Å². The lowest BCUT2D eigenvalue weighted by molar-refractivity contribution is 0.0634. The van der Waals surface area contributed by atoms with Crippen LogP contribution in [-0.4, -0.2) is 51.6 Å². The number of Topliss-reactive ketones (excluding diaryl/α,β-unsaturated/α-hetero) is 1. The van der Waals surface area contributed by atoms with E-state index in [1.165, 1.54) is 0 Å². The number of likely N-dealkylation sites (tertiary alicyclic amines) is 1. The summed E-state index contributed by atoms with van der Waals surface area (Å²) in [6.45, 7) is 0.961. The van der Waals surface area contributed by atoms with Crippen LogP contribution in [0.5, 0.6) is 5.75 Å². The second kappa shape index (κ2) is 8.95. The minimum atomic E-state index is -0.269. The number of aryl methyl sites for hydroxylation is 1. The summed E-state index contributed by atoms with van der Waals surface area (Å²) in [6.07, 6.45) is 1.08. The predicted octanol–water partition coefficient (Wildman–Crippen LogP) is 4.63. The molecule has 3 heterocycles. The molecular weight excluding hydrogens is 456 g/mol. The summed E-state index contributed by atoms with van der Waals surface area (Å²) in [7, 11) is 3.45. The standard InChI is InChI=1S/C25H23ClN4O4/c1-29-20-7-6-18(26)12-17(20)14-21(29)25(32)30-10-8-15(9-11-30)22(31)24-28-27-23(34-24)16-4-3-5-19(13-16)33-2/h3-7,12-15H,8-11H2,1-2H3. The maximum absolute atomic E-state index is 13.2. The number of benzene rings is 2. The van der Waals surface area contributed by atoms with Crippen molar-refractivity contribution in [2.24, 2.45) is 13.0 Å². The van der Waals surface area contributed by atoms with Gasteiger partial charge in [-0.05, 0) is 55.3 Å². The van der Waals surface area contributed by atoms with Gasteiger partial charge in [-0.3, -0.25) is 9.59 Å². The topological polar surface area (TPSA) is 90.5 Å². The van der Waals surface area contributed by atoms with Crippen LogP contribution in [0.25, 0.3) is 22.4 Å². The first kappa shape index (κ1) is 22.2. The third-order valence-electron chi connectivity index (χ3n) is 6.33. The van der Waals surface area contributed by atoms with E-state index in [4.69, 9.17) is 20.8 Å². The molecule has 5 rings (SSSR count). The Labute approximate surface area is 201 Å². The maximum atomic E-state index is 13.2. The highest BCUT2D eigenvalue weighted by Gasteiger charge is 2.32. The zero-order valence-corrected chi connectivity index (χ0v) is 19.6. The van der Waals surface area contributed by atoms with Gasteiger partial charge in [0.15, 0.2) is 0 Å². The Hall–Kier alpha value is -3.65. The molecule has 0 atom stereocenters. The first-order valence-corrected chi connectivity index (χ1v) is 11.4. The van der Waals surface area contributed by atoms with Crippen molar-refractivity contribution >= 4 is 34.2 Å². The molecule has 0 unspecified atom stereocenters. The van der Waals surface area contributed by atoms with Crippen LogP contribution in [-0.2, 0) is 7.05 Å². The Morgan fingerprint density at radius 3 is 2.65 bits per heavy atom. The predicted molar refractivity (Wildman–Crippen MR) is 127 cm³/mol. The molecule has 1 aliphatic rings. The molecular formula is C25H23ClN4O4. The lowest BCUT2D eigenvalue weighted by Gasteiger charge is -2.30. The van der Waals surface area contributed by atoms with Crippen molar-refractivity contribution < 1.29 is 18.7 Å². The van der Waals surface area contributed by atoms with Crippen LogP contribution in [0.1, 0.15) is 34.0 Å². The SMILES string of the molecule is COc1cccc(-c2nnc(C(=O)C3CCN(C(=O)c4cc5cc(Cl)ccc5n4C)CC3)o2)c1. The van der Waals surface area contributed by atoms with Crippen LogP contribution < -0.4 is 4.74 Å². The van der Waals surface area contributed by atoms with E-state index in [9.17, 15) is 9.59 Å². The Bertz CT molecular complexity index is 1380. The summed E-state index contributed by atoms with van der Waals surface area (Å²) in [5.74, 6) is 0.412. The average molecular weight is 479 g/mol. The fourth-order valence-electron chi connectivity index (χ4n) is 4.40. The molecule has 1 amide bonds. The number of carbonyl (C=O) groups is 2. The van der Waals surface area contributed by atoms with Crippen LogP contribution in [0, 0.1) is 5.92 Å². The van der Waals surface area contributed by atoms with Gasteiger partial charge < -0.3 is 18.6 Å². The number of rotatable bonds is 5. The van der Waals surface area contributed by atoms with Crippen molar-refractivity contribution in [2.45, 2.75) is 12.8 Å². The van der Waals surface area contributed by atoms with E-state index >= 15 is 0 Å². The fraction of sp³-hybridized carbons (Fsp3) is 0.280. The molecule has 0 spiro atoms. The zero-order valence-electron chi connectivity index (χ0n) is 18.8. The monoisotopic (exact) mass is 478 g/mol. The van der Waals surface area contributed by atoms with Gasteiger partial charge in [0.2, 0.25) is 11.7 Å². The van der Waals surface area contributed by atoms with Crippen LogP contribution >= 0.6 is 11.6 Å². The molecule has 174 valence electrons. The summed E-state index contributed by atoms with van der Waals surface area (Å²) in [5.41, 5.74) is 2.23. The molecule has 0 bridgehead atoms. The van der Waals surface area contributed by atoms with Gasteiger partial charge in [0.05, 0.1) is 7.11 Å². The highest BCUT2D eigenvalue weighted by molar-refractivity contribution is 6.31. The molecule has 1 aliphatic heterocycles. The van der Waals surface area contributed by atoms with Gasteiger partial charge in [0.1, 0.15) is 11.4 Å². The van der Waals surface area contributed by atoms with E-state index in [0.717, 1.165) is 10.9 Å². The lowest BCUT2D eigenvalue weighted by atomic mass is 9.92. The van der Waals surface area contributed by atoms with Crippen molar-refractivity contribution in [1.29, 1.82) is 0 Å². The van der Waals surface area contributed by atoms with Gasteiger partial charge in [-0.2, -0.15) is 0 Å². The number of hydrogen-bond donors (Lipinski definition) is 0. The Morgan fingerprint density at radius 2 is 1.88 bits per heavy atom. The van der Waals surface area contributed by atoms with E-state index in [1.807, 2.05) is 54.1 Å². The Morgan fingerprint density at radius 1 is 1.09 bits per heavy atom. The number of fused-ring (bicyclic) bond motifs is 1. The summed E-state index contributed by atoms with van der Waals surface area (Å²) in [6, 6.07) is 14.6. The minimum Gasteiger partial charge on any atom is -0.497 e. The number of ether oxygens (including phenoxy) is 1. The minimum absolute atomic E-state index is 0.00633. The molecule has 34 heavy (non-hydrogen) atoms. The number of carbonyl (C=O) groups excluding carboxylic acids is 2. The van der Waals surface area contributed by atoms with Gasteiger partial charge in [0, 0.05) is 47.5 Å². The fourth-order valence-corrected chi connectivity index (χ4v) is 4.58. The van der Waals surface area contributed by atoms with Crippen molar-refractivity contribution in [3.63, 3.8) is 0 Å². The van der Waals surface area contributed by atoms with E-state index in [2.05, 4.69) is 10.2 Å². The molecule has 2 aromatic heterocycles. The second-order valence-electron chi connectivity index (χ2n) is 8.37. The first-order valence-electron chi connectivity index (χ1n) is 11.0. The molecule has 0 saturated carbocycles. The quantitative estimate of drug-likeness (QED) is 0.388. The zero-order chi connectivity index (χ0) is 23.8. The molecule has 8 nitrogen and oxygen atoms in total. The normalized spacial score (nSPS) is 14.5.